The fourth-order valence-electron chi connectivity index (χ4n) is 4.85. The lowest BCUT2D eigenvalue weighted by Crippen LogP contribution is -2.53. The van der Waals surface area contributed by atoms with Crippen LogP contribution in [-0.4, -0.2) is 55.0 Å². The highest BCUT2D eigenvalue weighted by atomic mass is 16.5. The van der Waals surface area contributed by atoms with Crippen LogP contribution in [0.5, 0.6) is 5.75 Å². The lowest BCUT2D eigenvalue weighted by Gasteiger charge is -2.41. The zero-order valence-corrected chi connectivity index (χ0v) is 13.9. The van der Waals surface area contributed by atoms with E-state index in [2.05, 4.69) is 4.90 Å². The highest BCUT2D eigenvalue weighted by Crippen LogP contribution is 2.46. The van der Waals surface area contributed by atoms with Gasteiger partial charge in [-0.25, -0.2) is 0 Å². The number of carbonyl (C=O) groups is 1. The van der Waals surface area contributed by atoms with Crippen LogP contribution >= 0.6 is 0 Å². The summed E-state index contributed by atoms with van der Waals surface area (Å²) in [4.78, 5) is 17.3. The van der Waals surface area contributed by atoms with Crippen LogP contribution in [0.1, 0.15) is 36.0 Å². The Balaban J connectivity index is 1.36. The molecule has 2 bridgehead atoms. The fourth-order valence-corrected chi connectivity index (χ4v) is 4.85. The van der Waals surface area contributed by atoms with Gasteiger partial charge in [0.05, 0.1) is 7.11 Å². The van der Waals surface area contributed by atoms with E-state index in [0.29, 0.717) is 0 Å². The number of methoxy groups -OCH3 is 1. The van der Waals surface area contributed by atoms with E-state index in [9.17, 15) is 4.79 Å². The Hall–Kier alpha value is -1.55. The molecule has 0 N–H and O–H groups in total. The summed E-state index contributed by atoms with van der Waals surface area (Å²) in [6.07, 6.45) is 5.73. The fraction of sp³-hybridized carbons (Fsp3) is 0.632. The molecule has 2 aliphatic carbocycles. The van der Waals surface area contributed by atoms with Crippen LogP contribution in [0, 0.1) is 11.8 Å². The summed E-state index contributed by atoms with van der Waals surface area (Å²) >= 11 is 0. The molecule has 0 unspecified atom stereocenters. The van der Waals surface area contributed by atoms with Gasteiger partial charge in [-0.1, -0.05) is 12.5 Å². The van der Waals surface area contributed by atoms with Crippen molar-refractivity contribution in [3.05, 3.63) is 29.8 Å². The number of carbonyl (C=O) groups excluding carboxylic acids is 1. The summed E-state index contributed by atoms with van der Waals surface area (Å²) in [6, 6.07) is 8.28. The topological polar surface area (TPSA) is 32.8 Å². The molecule has 1 aromatic carbocycles. The van der Waals surface area contributed by atoms with Crippen molar-refractivity contribution in [1.82, 2.24) is 9.80 Å². The first-order valence-corrected chi connectivity index (χ1v) is 8.92. The monoisotopic (exact) mass is 314 g/mol. The first kappa shape index (κ1) is 15.0. The molecular weight excluding hydrogens is 288 g/mol. The van der Waals surface area contributed by atoms with Gasteiger partial charge in [0.2, 0.25) is 0 Å². The van der Waals surface area contributed by atoms with Crippen molar-refractivity contribution < 1.29 is 9.53 Å². The molecule has 3 fully saturated rings. The van der Waals surface area contributed by atoms with E-state index in [1.54, 1.807) is 7.11 Å². The lowest BCUT2D eigenvalue weighted by molar-refractivity contribution is 0.0495. The maximum atomic E-state index is 12.7. The maximum absolute atomic E-state index is 12.7. The van der Waals surface area contributed by atoms with Crippen molar-refractivity contribution >= 4 is 5.91 Å². The van der Waals surface area contributed by atoms with E-state index < -0.39 is 0 Å². The molecule has 1 amide bonds. The predicted octanol–water partition coefficient (Wildman–Crippen LogP) is 2.64. The molecule has 0 radical (unpaired) electrons. The molecule has 23 heavy (non-hydrogen) atoms. The number of fused-ring (bicyclic) bond motifs is 2. The molecule has 124 valence electrons. The molecular formula is C19H26N2O2. The largest absolute Gasteiger partial charge is 0.497 e. The van der Waals surface area contributed by atoms with Crippen molar-refractivity contribution in [2.45, 2.75) is 31.7 Å². The zero-order valence-electron chi connectivity index (χ0n) is 13.9. The van der Waals surface area contributed by atoms with E-state index in [0.717, 1.165) is 55.4 Å². The quantitative estimate of drug-likeness (QED) is 0.860. The van der Waals surface area contributed by atoms with Crippen LogP contribution in [0.4, 0.5) is 0 Å². The Morgan fingerprint density at radius 1 is 1.13 bits per heavy atom. The molecule has 2 saturated carbocycles. The van der Waals surface area contributed by atoms with Crippen molar-refractivity contribution in [1.29, 1.82) is 0 Å². The Labute approximate surface area is 138 Å². The van der Waals surface area contributed by atoms with Crippen LogP contribution in [-0.2, 0) is 0 Å². The zero-order chi connectivity index (χ0) is 15.8. The third-order valence-corrected chi connectivity index (χ3v) is 6.09. The lowest BCUT2D eigenvalue weighted by atomic mass is 9.93. The minimum atomic E-state index is 0.136. The Morgan fingerprint density at radius 3 is 2.61 bits per heavy atom. The van der Waals surface area contributed by atoms with Crippen LogP contribution in [0.3, 0.4) is 0 Å². The molecule has 4 rings (SSSR count). The SMILES string of the molecule is COc1cccc(C(=O)N2CCN([C@H]3C[C@H]4CC[C@H]3C4)CC2)c1. The van der Waals surface area contributed by atoms with Crippen LogP contribution in [0.15, 0.2) is 24.3 Å². The van der Waals surface area contributed by atoms with Gasteiger partial charge in [-0.3, -0.25) is 9.69 Å². The van der Waals surface area contributed by atoms with Crippen molar-refractivity contribution in [2.75, 3.05) is 33.3 Å². The summed E-state index contributed by atoms with van der Waals surface area (Å²) < 4.78 is 5.23. The van der Waals surface area contributed by atoms with Gasteiger partial charge in [-0.15, -0.1) is 0 Å². The third-order valence-electron chi connectivity index (χ3n) is 6.09. The number of nitrogens with zero attached hydrogens (tertiary/aromatic N) is 2. The molecule has 1 aromatic rings. The van der Waals surface area contributed by atoms with E-state index >= 15 is 0 Å². The van der Waals surface area contributed by atoms with Crippen molar-refractivity contribution in [2.24, 2.45) is 11.8 Å². The number of rotatable bonds is 3. The molecule has 0 aromatic heterocycles. The number of piperazine rings is 1. The molecule has 3 aliphatic rings. The number of amides is 1. The Kier molecular flexibility index (Phi) is 4.02. The van der Waals surface area contributed by atoms with Gasteiger partial charge in [0.15, 0.2) is 0 Å². The van der Waals surface area contributed by atoms with E-state index in [1.165, 1.54) is 25.7 Å². The summed E-state index contributed by atoms with van der Waals surface area (Å²) in [7, 11) is 1.64. The molecule has 3 atom stereocenters. The van der Waals surface area contributed by atoms with Gasteiger partial charge < -0.3 is 9.64 Å². The van der Waals surface area contributed by atoms with E-state index in [4.69, 9.17) is 4.74 Å². The number of hydrogen-bond donors (Lipinski definition) is 0. The van der Waals surface area contributed by atoms with Gasteiger partial charge in [0.25, 0.3) is 5.91 Å². The standard InChI is InChI=1S/C19H26N2O2/c1-23-17-4-2-3-16(13-17)19(22)21-9-7-20(8-10-21)18-12-14-5-6-15(18)11-14/h2-4,13-15,18H,5-12H2,1H3/t14-,15-,18-/m0/s1. The molecule has 4 heteroatoms. The van der Waals surface area contributed by atoms with Crippen molar-refractivity contribution in [3.63, 3.8) is 0 Å². The second-order valence-electron chi connectivity index (χ2n) is 7.30. The van der Waals surface area contributed by atoms with E-state index in [1.807, 2.05) is 29.2 Å². The molecule has 1 aliphatic heterocycles. The van der Waals surface area contributed by atoms with Crippen molar-refractivity contribution in [3.8, 4) is 5.75 Å². The molecule has 1 saturated heterocycles. The summed E-state index contributed by atoms with van der Waals surface area (Å²) in [5, 5.41) is 0. The van der Waals surface area contributed by atoms with Gasteiger partial charge in [0.1, 0.15) is 5.75 Å². The molecule has 1 heterocycles. The normalized spacial score (nSPS) is 30.7. The molecule has 0 spiro atoms. The average Bonchev–Trinajstić information content (AvgIpc) is 3.24. The van der Waals surface area contributed by atoms with Gasteiger partial charge >= 0.3 is 0 Å². The Morgan fingerprint density at radius 2 is 1.96 bits per heavy atom. The highest BCUT2D eigenvalue weighted by Gasteiger charge is 2.42. The number of benzene rings is 1. The van der Waals surface area contributed by atoms with Crippen LogP contribution < -0.4 is 4.74 Å². The number of hydrogen-bond acceptors (Lipinski definition) is 3. The van der Waals surface area contributed by atoms with Crippen LogP contribution in [0.2, 0.25) is 0 Å². The molecule has 4 nitrogen and oxygen atoms in total. The Bertz CT molecular complexity index is 580. The van der Waals surface area contributed by atoms with Crippen LogP contribution in [0.25, 0.3) is 0 Å². The summed E-state index contributed by atoms with van der Waals surface area (Å²) in [6.45, 7) is 3.76. The minimum absolute atomic E-state index is 0.136. The second-order valence-corrected chi connectivity index (χ2v) is 7.30. The first-order chi connectivity index (χ1) is 11.2. The average molecular weight is 314 g/mol. The summed E-state index contributed by atoms with van der Waals surface area (Å²) in [5.41, 5.74) is 0.734. The summed E-state index contributed by atoms with van der Waals surface area (Å²) in [5.74, 6) is 2.80. The number of ether oxygens (including phenoxy) is 1. The predicted molar refractivity (Wildman–Crippen MR) is 89.7 cm³/mol. The van der Waals surface area contributed by atoms with Gasteiger partial charge in [0, 0.05) is 37.8 Å². The third kappa shape index (κ3) is 2.85. The van der Waals surface area contributed by atoms with E-state index in [-0.39, 0.29) is 5.91 Å². The second kappa shape index (κ2) is 6.16. The highest BCUT2D eigenvalue weighted by molar-refractivity contribution is 5.94. The van der Waals surface area contributed by atoms with Gasteiger partial charge in [-0.2, -0.15) is 0 Å². The minimum Gasteiger partial charge on any atom is -0.497 e. The van der Waals surface area contributed by atoms with Gasteiger partial charge in [-0.05, 0) is 49.3 Å². The smallest absolute Gasteiger partial charge is 0.254 e. The maximum Gasteiger partial charge on any atom is 0.254 e. The first-order valence-electron chi connectivity index (χ1n) is 8.92.